The fourth-order valence-corrected chi connectivity index (χ4v) is 2.12. The number of rotatable bonds is 3. The highest BCUT2D eigenvalue weighted by Crippen LogP contribution is 2.29. The van der Waals surface area contributed by atoms with E-state index in [0.717, 1.165) is 19.5 Å². The van der Waals surface area contributed by atoms with E-state index in [0.29, 0.717) is 0 Å². The standard InChI is InChI=1S/C13H18N2/c1-3-7-15-8-6-12-9-11(10(2)14)4-5-13(12)15/h3-5,9-10H,1,6-8,14H2,2H3. The lowest BCUT2D eigenvalue weighted by Gasteiger charge is -2.17. The summed E-state index contributed by atoms with van der Waals surface area (Å²) in [4.78, 5) is 2.35. The van der Waals surface area contributed by atoms with Crippen LogP contribution in [0.2, 0.25) is 0 Å². The van der Waals surface area contributed by atoms with Crippen molar-refractivity contribution in [3.63, 3.8) is 0 Å². The molecule has 1 aromatic carbocycles. The maximum atomic E-state index is 5.87. The summed E-state index contributed by atoms with van der Waals surface area (Å²) < 4.78 is 0. The number of hydrogen-bond acceptors (Lipinski definition) is 2. The summed E-state index contributed by atoms with van der Waals surface area (Å²) in [5.41, 5.74) is 9.87. The van der Waals surface area contributed by atoms with Gasteiger partial charge < -0.3 is 10.6 Å². The fraction of sp³-hybridized carbons (Fsp3) is 0.385. The zero-order chi connectivity index (χ0) is 10.8. The number of fused-ring (bicyclic) bond motifs is 1. The van der Waals surface area contributed by atoms with E-state index in [-0.39, 0.29) is 6.04 Å². The molecule has 1 heterocycles. The predicted molar refractivity (Wildman–Crippen MR) is 65.2 cm³/mol. The third-order valence-corrected chi connectivity index (χ3v) is 2.97. The van der Waals surface area contributed by atoms with Crippen LogP contribution in [0.15, 0.2) is 30.9 Å². The van der Waals surface area contributed by atoms with Crippen molar-refractivity contribution in [2.45, 2.75) is 19.4 Å². The Morgan fingerprint density at radius 3 is 3.07 bits per heavy atom. The lowest BCUT2D eigenvalue weighted by Crippen LogP contribution is -2.19. The monoisotopic (exact) mass is 202 g/mol. The SMILES string of the molecule is C=CCN1CCc2cc(C(C)N)ccc21. The van der Waals surface area contributed by atoms with Gasteiger partial charge in [-0.2, -0.15) is 0 Å². The van der Waals surface area contributed by atoms with Gasteiger partial charge in [0.25, 0.3) is 0 Å². The Morgan fingerprint density at radius 2 is 2.40 bits per heavy atom. The normalized spacial score (nSPS) is 16.3. The van der Waals surface area contributed by atoms with Gasteiger partial charge in [-0.15, -0.1) is 6.58 Å². The number of nitrogens with zero attached hydrogens (tertiary/aromatic N) is 1. The second kappa shape index (κ2) is 4.07. The van der Waals surface area contributed by atoms with Gasteiger partial charge in [-0.1, -0.05) is 18.2 Å². The van der Waals surface area contributed by atoms with Gasteiger partial charge in [0.1, 0.15) is 0 Å². The van der Waals surface area contributed by atoms with Gasteiger partial charge >= 0.3 is 0 Å². The van der Waals surface area contributed by atoms with Crippen LogP contribution in [0, 0.1) is 0 Å². The molecule has 1 aromatic rings. The first kappa shape index (κ1) is 10.2. The topological polar surface area (TPSA) is 29.3 Å². The molecule has 0 saturated carbocycles. The Labute approximate surface area is 91.4 Å². The van der Waals surface area contributed by atoms with Crippen LogP contribution in [-0.2, 0) is 6.42 Å². The second-order valence-corrected chi connectivity index (χ2v) is 4.16. The molecule has 0 amide bonds. The molecule has 0 radical (unpaired) electrons. The molecular formula is C13H18N2. The average molecular weight is 202 g/mol. The van der Waals surface area contributed by atoms with Crippen LogP contribution in [-0.4, -0.2) is 13.1 Å². The molecular weight excluding hydrogens is 184 g/mol. The van der Waals surface area contributed by atoms with Crippen LogP contribution in [0.25, 0.3) is 0 Å². The zero-order valence-corrected chi connectivity index (χ0v) is 9.24. The van der Waals surface area contributed by atoms with E-state index in [1.165, 1.54) is 16.8 Å². The van der Waals surface area contributed by atoms with Gasteiger partial charge in [-0.3, -0.25) is 0 Å². The van der Waals surface area contributed by atoms with Crippen molar-refractivity contribution < 1.29 is 0 Å². The van der Waals surface area contributed by atoms with Gasteiger partial charge in [-0.05, 0) is 30.5 Å². The van der Waals surface area contributed by atoms with Crippen molar-refractivity contribution in [3.8, 4) is 0 Å². The summed E-state index contributed by atoms with van der Waals surface area (Å²) in [7, 11) is 0. The van der Waals surface area contributed by atoms with E-state index in [9.17, 15) is 0 Å². The van der Waals surface area contributed by atoms with Gasteiger partial charge in [0, 0.05) is 24.8 Å². The molecule has 2 nitrogen and oxygen atoms in total. The minimum atomic E-state index is 0.128. The van der Waals surface area contributed by atoms with E-state index in [1.807, 2.05) is 13.0 Å². The van der Waals surface area contributed by atoms with E-state index in [1.54, 1.807) is 0 Å². The Morgan fingerprint density at radius 1 is 1.60 bits per heavy atom. The molecule has 1 aliphatic heterocycles. The smallest absolute Gasteiger partial charge is 0.0402 e. The van der Waals surface area contributed by atoms with Crippen LogP contribution >= 0.6 is 0 Å². The summed E-state index contributed by atoms with van der Waals surface area (Å²) in [6.07, 6.45) is 3.08. The Balaban J connectivity index is 2.29. The second-order valence-electron chi connectivity index (χ2n) is 4.16. The van der Waals surface area contributed by atoms with Crippen LogP contribution in [0.3, 0.4) is 0 Å². The number of anilines is 1. The summed E-state index contributed by atoms with van der Waals surface area (Å²) in [6, 6.07) is 6.68. The van der Waals surface area contributed by atoms with Crippen molar-refractivity contribution >= 4 is 5.69 Å². The predicted octanol–water partition coefficient (Wildman–Crippen LogP) is 2.25. The summed E-state index contributed by atoms with van der Waals surface area (Å²) in [5, 5.41) is 0. The molecule has 1 atom stereocenters. The fourth-order valence-electron chi connectivity index (χ4n) is 2.12. The van der Waals surface area contributed by atoms with Gasteiger partial charge in [-0.25, -0.2) is 0 Å². The summed E-state index contributed by atoms with van der Waals surface area (Å²) in [5.74, 6) is 0. The third kappa shape index (κ3) is 1.90. The first-order valence-corrected chi connectivity index (χ1v) is 5.46. The summed E-state index contributed by atoms with van der Waals surface area (Å²) in [6.45, 7) is 7.84. The van der Waals surface area contributed by atoms with E-state index >= 15 is 0 Å². The third-order valence-electron chi connectivity index (χ3n) is 2.97. The Hall–Kier alpha value is -1.28. The van der Waals surface area contributed by atoms with Crippen molar-refractivity contribution in [2.24, 2.45) is 5.73 Å². The Kier molecular flexibility index (Phi) is 2.78. The molecule has 2 heteroatoms. The largest absolute Gasteiger partial charge is 0.367 e. The van der Waals surface area contributed by atoms with E-state index < -0.39 is 0 Å². The van der Waals surface area contributed by atoms with Gasteiger partial charge in [0.2, 0.25) is 0 Å². The van der Waals surface area contributed by atoms with Crippen molar-refractivity contribution in [1.82, 2.24) is 0 Å². The molecule has 0 spiro atoms. The van der Waals surface area contributed by atoms with Crippen LogP contribution in [0.4, 0.5) is 5.69 Å². The first-order valence-electron chi connectivity index (χ1n) is 5.46. The molecule has 0 fully saturated rings. The van der Waals surface area contributed by atoms with Gasteiger partial charge in [0.05, 0.1) is 0 Å². The van der Waals surface area contributed by atoms with Crippen LogP contribution in [0.5, 0.6) is 0 Å². The maximum Gasteiger partial charge on any atom is 0.0402 e. The quantitative estimate of drug-likeness (QED) is 0.762. The van der Waals surface area contributed by atoms with Crippen LogP contribution in [0.1, 0.15) is 24.1 Å². The minimum Gasteiger partial charge on any atom is -0.367 e. The molecule has 1 aliphatic rings. The van der Waals surface area contributed by atoms with Crippen molar-refractivity contribution in [1.29, 1.82) is 0 Å². The molecule has 2 rings (SSSR count). The minimum absolute atomic E-state index is 0.128. The zero-order valence-electron chi connectivity index (χ0n) is 9.24. The summed E-state index contributed by atoms with van der Waals surface area (Å²) >= 11 is 0. The van der Waals surface area contributed by atoms with Crippen molar-refractivity contribution in [3.05, 3.63) is 42.0 Å². The Bertz CT molecular complexity index is 369. The van der Waals surface area contributed by atoms with Gasteiger partial charge in [0.15, 0.2) is 0 Å². The van der Waals surface area contributed by atoms with Crippen molar-refractivity contribution in [2.75, 3.05) is 18.0 Å². The maximum absolute atomic E-state index is 5.87. The first-order chi connectivity index (χ1) is 7.22. The highest BCUT2D eigenvalue weighted by atomic mass is 15.1. The molecule has 0 aromatic heterocycles. The number of benzene rings is 1. The molecule has 1 unspecified atom stereocenters. The molecule has 0 saturated heterocycles. The molecule has 2 N–H and O–H groups in total. The average Bonchev–Trinajstić information content (AvgIpc) is 2.61. The number of hydrogen-bond donors (Lipinski definition) is 1. The van der Waals surface area contributed by atoms with E-state index in [2.05, 4.69) is 29.7 Å². The lowest BCUT2D eigenvalue weighted by atomic mass is 10.0. The molecule has 80 valence electrons. The van der Waals surface area contributed by atoms with Crippen LogP contribution < -0.4 is 10.6 Å². The lowest BCUT2D eigenvalue weighted by molar-refractivity contribution is 0.816. The molecule has 0 bridgehead atoms. The molecule has 0 aliphatic carbocycles. The van der Waals surface area contributed by atoms with E-state index in [4.69, 9.17) is 5.73 Å². The number of nitrogens with two attached hydrogens (primary N) is 1. The molecule has 15 heavy (non-hydrogen) atoms. The highest BCUT2D eigenvalue weighted by Gasteiger charge is 2.18. The highest BCUT2D eigenvalue weighted by molar-refractivity contribution is 5.59.